The molecule has 2 heterocycles. The van der Waals surface area contributed by atoms with E-state index < -0.39 is 6.10 Å². The molecule has 2 aromatic carbocycles. The third-order valence-electron chi connectivity index (χ3n) is 4.39. The van der Waals surface area contributed by atoms with Gasteiger partial charge in [-0.15, -0.1) is 0 Å². The Bertz CT molecular complexity index is 1010. The molecular formula is C20H20BrN3O3S. The minimum Gasteiger partial charge on any atom is -0.485 e. The normalized spacial score (nSPS) is 15.8. The molecule has 0 bridgehead atoms. The number of carbonyl (C=O) groups is 1. The van der Waals surface area contributed by atoms with Gasteiger partial charge in [0.2, 0.25) is 6.10 Å². The third-order valence-corrected chi connectivity index (χ3v) is 5.93. The number of amides is 1. The maximum absolute atomic E-state index is 13.3. The molecule has 1 amide bonds. The molecule has 0 saturated heterocycles. The van der Waals surface area contributed by atoms with Crippen molar-refractivity contribution in [3.8, 4) is 11.5 Å². The molecule has 0 aliphatic carbocycles. The summed E-state index contributed by atoms with van der Waals surface area (Å²) in [6.07, 6.45) is -0.698. The number of carbonyl (C=O) groups excluding carboxylic acids is 1. The number of nitrogens with zero attached hydrogens (tertiary/aromatic N) is 3. The van der Waals surface area contributed by atoms with Crippen LogP contribution in [0.2, 0.25) is 0 Å². The second-order valence-electron chi connectivity index (χ2n) is 6.77. The number of hydrogen-bond acceptors (Lipinski definition) is 6. The Morgan fingerprint density at radius 1 is 1.21 bits per heavy atom. The van der Waals surface area contributed by atoms with Gasteiger partial charge in [0.25, 0.3) is 5.91 Å². The number of para-hydroxylation sites is 2. The maximum atomic E-state index is 13.3. The number of halogens is 1. The van der Waals surface area contributed by atoms with Gasteiger partial charge in [0, 0.05) is 17.6 Å². The van der Waals surface area contributed by atoms with Gasteiger partial charge in [-0.2, -0.15) is 0 Å². The molecule has 0 N–H and O–H groups in total. The number of hydrogen-bond donors (Lipinski definition) is 0. The summed E-state index contributed by atoms with van der Waals surface area (Å²) >= 11 is 4.99. The first-order valence-electron chi connectivity index (χ1n) is 8.92. The van der Waals surface area contributed by atoms with Crippen LogP contribution in [0.5, 0.6) is 11.5 Å². The fraction of sp³-hybridized carbons (Fsp3) is 0.300. The summed E-state index contributed by atoms with van der Waals surface area (Å²) in [7, 11) is 3.96. The van der Waals surface area contributed by atoms with E-state index in [0.29, 0.717) is 23.2 Å². The second kappa shape index (κ2) is 8.06. The molecule has 0 saturated carbocycles. The van der Waals surface area contributed by atoms with Crippen LogP contribution >= 0.6 is 27.3 Å². The number of ether oxygens (including phenoxy) is 2. The maximum Gasteiger partial charge on any atom is 0.273 e. The fourth-order valence-electron chi connectivity index (χ4n) is 2.92. The summed E-state index contributed by atoms with van der Waals surface area (Å²) in [5.74, 6) is 1.11. The lowest BCUT2D eigenvalue weighted by molar-refractivity contribution is -0.127. The number of anilines is 1. The number of fused-ring (bicyclic) bond motifs is 2. The minimum absolute atomic E-state index is 0.144. The number of benzene rings is 2. The Labute approximate surface area is 175 Å². The van der Waals surface area contributed by atoms with Crippen LogP contribution in [0, 0.1) is 0 Å². The number of thiazole rings is 1. The Kier molecular flexibility index (Phi) is 5.52. The van der Waals surface area contributed by atoms with Crippen LogP contribution in [-0.4, -0.2) is 55.7 Å². The molecule has 6 nitrogen and oxygen atoms in total. The molecule has 0 fully saturated rings. The topological polar surface area (TPSA) is 54.9 Å². The van der Waals surface area contributed by atoms with Crippen LogP contribution in [-0.2, 0) is 4.79 Å². The zero-order chi connectivity index (χ0) is 19.7. The van der Waals surface area contributed by atoms with Gasteiger partial charge in [0.1, 0.15) is 6.61 Å². The molecule has 1 aromatic heterocycles. The molecule has 28 heavy (non-hydrogen) atoms. The first-order chi connectivity index (χ1) is 13.5. The lowest BCUT2D eigenvalue weighted by Crippen LogP contribution is -2.48. The van der Waals surface area contributed by atoms with Crippen molar-refractivity contribution >= 4 is 48.5 Å². The van der Waals surface area contributed by atoms with Crippen LogP contribution in [0.1, 0.15) is 0 Å². The van der Waals surface area contributed by atoms with Crippen molar-refractivity contribution in [1.29, 1.82) is 0 Å². The van der Waals surface area contributed by atoms with Crippen molar-refractivity contribution < 1.29 is 14.3 Å². The highest BCUT2D eigenvalue weighted by molar-refractivity contribution is 9.10. The molecule has 146 valence electrons. The highest BCUT2D eigenvalue weighted by Gasteiger charge is 2.33. The van der Waals surface area contributed by atoms with Crippen molar-refractivity contribution in [3.63, 3.8) is 0 Å². The predicted molar refractivity (Wildman–Crippen MR) is 115 cm³/mol. The Morgan fingerprint density at radius 2 is 2.00 bits per heavy atom. The second-order valence-corrected chi connectivity index (χ2v) is 8.69. The van der Waals surface area contributed by atoms with E-state index in [1.165, 1.54) is 11.3 Å². The van der Waals surface area contributed by atoms with Gasteiger partial charge in [-0.25, -0.2) is 4.98 Å². The van der Waals surface area contributed by atoms with Gasteiger partial charge in [-0.05, 0) is 44.4 Å². The van der Waals surface area contributed by atoms with Gasteiger partial charge in [-0.1, -0.05) is 39.4 Å². The number of likely N-dealkylation sites (N-methyl/N-ethyl adjacent to an activating group) is 1. The third kappa shape index (κ3) is 3.99. The predicted octanol–water partition coefficient (Wildman–Crippen LogP) is 3.79. The van der Waals surface area contributed by atoms with Crippen LogP contribution in [0.25, 0.3) is 10.2 Å². The number of rotatable bonds is 5. The molecule has 4 rings (SSSR count). The molecule has 8 heteroatoms. The van der Waals surface area contributed by atoms with E-state index in [4.69, 9.17) is 9.47 Å². The molecule has 1 aliphatic heterocycles. The van der Waals surface area contributed by atoms with Gasteiger partial charge in [0.05, 0.1) is 10.2 Å². The van der Waals surface area contributed by atoms with Gasteiger partial charge in [-0.3, -0.25) is 9.69 Å². The average Bonchev–Trinajstić information content (AvgIpc) is 3.10. The summed E-state index contributed by atoms with van der Waals surface area (Å²) in [4.78, 5) is 21.8. The van der Waals surface area contributed by atoms with E-state index in [2.05, 4.69) is 20.9 Å². The first-order valence-corrected chi connectivity index (χ1v) is 10.5. The van der Waals surface area contributed by atoms with Crippen LogP contribution in [0.3, 0.4) is 0 Å². The van der Waals surface area contributed by atoms with Gasteiger partial charge >= 0.3 is 0 Å². The standard InChI is InChI=1S/C20H20BrN3O3S/c1-23(2)9-10-24(20-22-14-8-7-13(21)11-18(14)28-20)19(25)17-12-26-15-5-3-4-6-16(15)27-17/h3-8,11,17H,9-10,12H2,1-2H3/t17-/m1/s1. The number of aromatic nitrogens is 1. The van der Waals surface area contributed by atoms with E-state index >= 15 is 0 Å². The Hall–Kier alpha value is -2.16. The van der Waals surface area contributed by atoms with E-state index in [0.717, 1.165) is 21.2 Å². The molecule has 0 unspecified atom stereocenters. The smallest absolute Gasteiger partial charge is 0.273 e. The van der Waals surface area contributed by atoms with Crippen molar-refractivity contribution in [1.82, 2.24) is 9.88 Å². The molecule has 1 aliphatic rings. The van der Waals surface area contributed by atoms with Gasteiger partial charge in [0.15, 0.2) is 16.6 Å². The van der Waals surface area contributed by atoms with E-state index in [1.54, 1.807) is 4.90 Å². The zero-order valence-electron chi connectivity index (χ0n) is 15.6. The monoisotopic (exact) mass is 461 g/mol. The lowest BCUT2D eigenvalue weighted by atomic mass is 10.2. The largest absolute Gasteiger partial charge is 0.485 e. The quantitative estimate of drug-likeness (QED) is 0.578. The molecule has 3 aromatic rings. The summed E-state index contributed by atoms with van der Waals surface area (Å²) in [5.41, 5.74) is 0.872. The van der Waals surface area contributed by atoms with Crippen molar-refractivity contribution in [3.05, 3.63) is 46.9 Å². The Balaban J connectivity index is 1.62. The van der Waals surface area contributed by atoms with Crippen LogP contribution in [0.15, 0.2) is 46.9 Å². The van der Waals surface area contributed by atoms with Crippen molar-refractivity contribution in [2.75, 3.05) is 38.7 Å². The molecular weight excluding hydrogens is 442 g/mol. The summed E-state index contributed by atoms with van der Waals surface area (Å²) in [6, 6.07) is 13.3. The van der Waals surface area contributed by atoms with Crippen molar-refractivity contribution in [2.45, 2.75) is 6.10 Å². The first kappa shape index (κ1) is 19.2. The molecule has 0 radical (unpaired) electrons. The average molecular weight is 462 g/mol. The Morgan fingerprint density at radius 3 is 2.79 bits per heavy atom. The van der Waals surface area contributed by atoms with Crippen molar-refractivity contribution in [2.24, 2.45) is 0 Å². The van der Waals surface area contributed by atoms with E-state index in [-0.39, 0.29) is 12.5 Å². The van der Waals surface area contributed by atoms with E-state index in [1.807, 2.05) is 61.5 Å². The SMILES string of the molecule is CN(C)CCN(C(=O)[C@H]1COc2ccccc2O1)c1nc2ccc(Br)cc2s1. The summed E-state index contributed by atoms with van der Waals surface area (Å²) in [5, 5.41) is 0.669. The molecule has 0 spiro atoms. The van der Waals surface area contributed by atoms with Crippen LogP contribution < -0.4 is 14.4 Å². The molecule has 1 atom stereocenters. The minimum atomic E-state index is -0.698. The summed E-state index contributed by atoms with van der Waals surface area (Å²) < 4.78 is 13.7. The van der Waals surface area contributed by atoms with Crippen LogP contribution in [0.4, 0.5) is 5.13 Å². The zero-order valence-corrected chi connectivity index (χ0v) is 18.0. The van der Waals surface area contributed by atoms with Gasteiger partial charge < -0.3 is 14.4 Å². The van der Waals surface area contributed by atoms with E-state index in [9.17, 15) is 4.79 Å². The highest BCUT2D eigenvalue weighted by atomic mass is 79.9. The summed E-state index contributed by atoms with van der Waals surface area (Å²) in [6.45, 7) is 1.43. The highest BCUT2D eigenvalue weighted by Crippen LogP contribution is 2.34. The lowest BCUT2D eigenvalue weighted by Gasteiger charge is -2.30. The fourth-order valence-corrected chi connectivity index (χ4v) is 4.47.